The Bertz CT molecular complexity index is 773. The van der Waals surface area contributed by atoms with E-state index in [4.69, 9.17) is 18.0 Å². The zero-order valence-electron chi connectivity index (χ0n) is 11.4. The molecule has 1 aromatic carbocycles. The van der Waals surface area contributed by atoms with E-state index in [0.29, 0.717) is 16.9 Å². The standard InChI is InChI=1S/C14H15N3O2S2/c1-10-4-2-7-13(16-10)17-21(18,19)9-11-5-3-6-12(8-11)14(15)20/h2-8H,9H2,1H3,(H2,15,20)(H,16,17). The molecule has 1 heterocycles. The minimum Gasteiger partial charge on any atom is -0.389 e. The molecular formula is C14H15N3O2S2. The van der Waals surface area contributed by atoms with Crippen molar-refractivity contribution in [1.82, 2.24) is 4.98 Å². The summed E-state index contributed by atoms with van der Waals surface area (Å²) in [5, 5.41) is 0. The number of hydrogen-bond acceptors (Lipinski definition) is 4. The Balaban J connectivity index is 2.18. The first-order valence-electron chi connectivity index (χ1n) is 6.19. The Morgan fingerprint density at radius 2 is 2.00 bits per heavy atom. The molecule has 0 spiro atoms. The van der Waals surface area contributed by atoms with Crippen LogP contribution in [0.1, 0.15) is 16.8 Å². The zero-order chi connectivity index (χ0) is 15.5. The maximum Gasteiger partial charge on any atom is 0.238 e. The van der Waals surface area contributed by atoms with E-state index in [1.165, 1.54) is 0 Å². The number of aromatic nitrogens is 1. The summed E-state index contributed by atoms with van der Waals surface area (Å²) in [6.45, 7) is 1.80. The van der Waals surface area contributed by atoms with Crippen molar-refractivity contribution < 1.29 is 8.42 Å². The molecule has 0 aliphatic carbocycles. The first kappa shape index (κ1) is 15.4. The van der Waals surface area contributed by atoms with Crippen LogP contribution in [-0.2, 0) is 15.8 Å². The lowest BCUT2D eigenvalue weighted by Crippen LogP contribution is -2.17. The van der Waals surface area contributed by atoms with Gasteiger partial charge in [0.1, 0.15) is 10.8 Å². The van der Waals surface area contributed by atoms with Crippen LogP contribution in [0.5, 0.6) is 0 Å². The molecule has 0 fully saturated rings. The highest BCUT2D eigenvalue weighted by Gasteiger charge is 2.13. The number of thiocarbonyl (C=S) groups is 1. The molecule has 2 rings (SSSR count). The maximum atomic E-state index is 12.1. The molecule has 0 bridgehead atoms. The van der Waals surface area contributed by atoms with Crippen molar-refractivity contribution in [2.75, 3.05) is 4.72 Å². The molecular weight excluding hydrogens is 306 g/mol. The first-order chi connectivity index (χ1) is 9.85. The predicted molar refractivity (Wildman–Crippen MR) is 87.5 cm³/mol. The molecule has 0 amide bonds. The third-order valence-corrected chi connectivity index (χ3v) is 4.19. The van der Waals surface area contributed by atoms with Crippen LogP contribution >= 0.6 is 12.2 Å². The third kappa shape index (κ3) is 4.51. The molecule has 2 aromatic rings. The molecule has 1 aromatic heterocycles. The van der Waals surface area contributed by atoms with Crippen LogP contribution in [0.15, 0.2) is 42.5 Å². The Labute approximate surface area is 129 Å². The summed E-state index contributed by atoms with van der Waals surface area (Å²) >= 11 is 4.88. The second kappa shape index (κ2) is 6.19. The van der Waals surface area contributed by atoms with Gasteiger partial charge in [0.15, 0.2) is 0 Å². The average Bonchev–Trinajstić information content (AvgIpc) is 2.37. The summed E-state index contributed by atoms with van der Waals surface area (Å²) in [5.41, 5.74) is 7.54. The fourth-order valence-corrected chi connectivity index (χ4v) is 3.08. The van der Waals surface area contributed by atoms with E-state index in [-0.39, 0.29) is 10.7 Å². The maximum absolute atomic E-state index is 12.1. The van der Waals surface area contributed by atoms with Crippen LogP contribution < -0.4 is 10.5 Å². The van der Waals surface area contributed by atoms with Gasteiger partial charge in [-0.05, 0) is 30.7 Å². The Morgan fingerprint density at radius 3 is 2.67 bits per heavy atom. The SMILES string of the molecule is Cc1cccc(NS(=O)(=O)Cc2cccc(C(N)=S)c2)n1. The number of nitrogens with one attached hydrogen (secondary N) is 1. The molecule has 0 unspecified atom stereocenters. The van der Waals surface area contributed by atoms with Crippen molar-refractivity contribution in [2.45, 2.75) is 12.7 Å². The zero-order valence-corrected chi connectivity index (χ0v) is 13.0. The molecule has 21 heavy (non-hydrogen) atoms. The Hall–Kier alpha value is -1.99. The fourth-order valence-electron chi connectivity index (χ4n) is 1.83. The Kier molecular flexibility index (Phi) is 4.54. The number of benzene rings is 1. The number of nitrogens with zero attached hydrogens (tertiary/aromatic N) is 1. The van der Waals surface area contributed by atoms with E-state index < -0.39 is 10.0 Å². The van der Waals surface area contributed by atoms with Gasteiger partial charge in [-0.1, -0.05) is 36.5 Å². The molecule has 5 nitrogen and oxygen atoms in total. The van der Waals surface area contributed by atoms with Gasteiger partial charge in [0, 0.05) is 11.3 Å². The molecule has 0 aliphatic rings. The van der Waals surface area contributed by atoms with E-state index in [2.05, 4.69) is 9.71 Å². The van der Waals surface area contributed by atoms with Gasteiger partial charge < -0.3 is 5.73 Å². The largest absolute Gasteiger partial charge is 0.389 e. The van der Waals surface area contributed by atoms with Crippen LogP contribution in [0.4, 0.5) is 5.82 Å². The summed E-state index contributed by atoms with van der Waals surface area (Å²) in [7, 11) is -3.54. The number of sulfonamides is 1. The van der Waals surface area contributed by atoms with Crippen LogP contribution in [0.3, 0.4) is 0 Å². The molecule has 110 valence electrons. The second-order valence-corrected chi connectivity index (χ2v) is 6.75. The number of aryl methyl sites for hydroxylation is 1. The van der Waals surface area contributed by atoms with E-state index in [1.54, 1.807) is 49.4 Å². The lowest BCUT2D eigenvalue weighted by atomic mass is 10.1. The number of pyridine rings is 1. The molecule has 3 N–H and O–H groups in total. The van der Waals surface area contributed by atoms with Crippen molar-refractivity contribution in [2.24, 2.45) is 5.73 Å². The minimum absolute atomic E-state index is 0.168. The summed E-state index contributed by atoms with van der Waals surface area (Å²) in [4.78, 5) is 4.35. The molecule has 0 atom stereocenters. The van der Waals surface area contributed by atoms with Crippen molar-refractivity contribution in [3.8, 4) is 0 Å². The van der Waals surface area contributed by atoms with Gasteiger partial charge in [0.25, 0.3) is 0 Å². The lowest BCUT2D eigenvalue weighted by Gasteiger charge is -2.08. The molecule has 0 saturated heterocycles. The molecule has 0 saturated carbocycles. The van der Waals surface area contributed by atoms with Gasteiger partial charge in [-0.2, -0.15) is 0 Å². The van der Waals surface area contributed by atoms with E-state index >= 15 is 0 Å². The van der Waals surface area contributed by atoms with Crippen LogP contribution in [0, 0.1) is 6.92 Å². The van der Waals surface area contributed by atoms with E-state index in [9.17, 15) is 8.42 Å². The highest BCUT2D eigenvalue weighted by Crippen LogP contribution is 2.12. The summed E-state index contributed by atoms with van der Waals surface area (Å²) in [6, 6.07) is 12.0. The second-order valence-electron chi connectivity index (χ2n) is 4.59. The van der Waals surface area contributed by atoms with Gasteiger partial charge in [-0.25, -0.2) is 13.4 Å². The average molecular weight is 321 g/mol. The molecule has 0 radical (unpaired) electrons. The van der Waals surface area contributed by atoms with Crippen molar-refractivity contribution in [1.29, 1.82) is 0 Å². The number of anilines is 1. The number of rotatable bonds is 5. The normalized spacial score (nSPS) is 11.1. The van der Waals surface area contributed by atoms with Crippen LogP contribution in [0.25, 0.3) is 0 Å². The predicted octanol–water partition coefficient (Wildman–Crippen LogP) is 1.97. The number of hydrogen-bond donors (Lipinski definition) is 2. The topological polar surface area (TPSA) is 85.1 Å². The smallest absolute Gasteiger partial charge is 0.238 e. The highest BCUT2D eigenvalue weighted by atomic mass is 32.2. The summed E-state index contributed by atoms with van der Waals surface area (Å²) in [6.07, 6.45) is 0. The van der Waals surface area contributed by atoms with Crippen molar-refractivity contribution in [3.05, 3.63) is 59.3 Å². The van der Waals surface area contributed by atoms with Gasteiger partial charge >= 0.3 is 0 Å². The monoisotopic (exact) mass is 321 g/mol. The summed E-state index contributed by atoms with van der Waals surface area (Å²) in [5.74, 6) is 0.138. The number of nitrogens with two attached hydrogens (primary N) is 1. The molecule has 0 aliphatic heterocycles. The van der Waals surface area contributed by atoms with Crippen LogP contribution in [-0.4, -0.2) is 18.4 Å². The highest BCUT2D eigenvalue weighted by molar-refractivity contribution is 7.91. The summed E-state index contributed by atoms with van der Waals surface area (Å²) < 4.78 is 26.7. The lowest BCUT2D eigenvalue weighted by molar-refractivity contribution is 0.600. The molecule has 7 heteroatoms. The quantitative estimate of drug-likeness (QED) is 0.822. The van der Waals surface area contributed by atoms with E-state index in [1.807, 2.05) is 0 Å². The van der Waals surface area contributed by atoms with Gasteiger partial charge in [0.05, 0.1) is 5.75 Å². The first-order valence-corrected chi connectivity index (χ1v) is 8.25. The van der Waals surface area contributed by atoms with Crippen molar-refractivity contribution in [3.63, 3.8) is 0 Å². The van der Waals surface area contributed by atoms with E-state index in [0.717, 1.165) is 5.69 Å². The van der Waals surface area contributed by atoms with Gasteiger partial charge in [-0.15, -0.1) is 0 Å². The van der Waals surface area contributed by atoms with Crippen molar-refractivity contribution >= 4 is 33.0 Å². The van der Waals surface area contributed by atoms with Crippen LogP contribution in [0.2, 0.25) is 0 Å². The van der Waals surface area contributed by atoms with Gasteiger partial charge in [-0.3, -0.25) is 4.72 Å². The minimum atomic E-state index is -3.54. The fraction of sp³-hybridized carbons (Fsp3) is 0.143. The third-order valence-electron chi connectivity index (χ3n) is 2.72. The Morgan fingerprint density at radius 1 is 1.29 bits per heavy atom. The van der Waals surface area contributed by atoms with Gasteiger partial charge in [0.2, 0.25) is 10.0 Å².